The summed E-state index contributed by atoms with van der Waals surface area (Å²) in [6, 6.07) is 4.45. The summed E-state index contributed by atoms with van der Waals surface area (Å²) in [4.78, 5) is 17.5. The van der Waals surface area contributed by atoms with E-state index in [-0.39, 0.29) is 18.3 Å². The van der Waals surface area contributed by atoms with Crippen LogP contribution in [-0.4, -0.2) is 35.9 Å². The molecule has 0 spiro atoms. The van der Waals surface area contributed by atoms with Crippen molar-refractivity contribution >= 4 is 32.6 Å². The Balaban J connectivity index is 2.06. The normalized spacial score (nSPS) is 10.6. The van der Waals surface area contributed by atoms with Gasteiger partial charge in [-0.3, -0.25) is 4.79 Å². The third kappa shape index (κ3) is 2.76. The highest BCUT2D eigenvalue weighted by Crippen LogP contribution is 2.26. The number of carbonyl (C=O) groups excluding carboxylic acids is 1. The molecule has 1 aromatic heterocycles. The lowest BCUT2D eigenvalue weighted by molar-refractivity contribution is -0.127. The van der Waals surface area contributed by atoms with Crippen molar-refractivity contribution in [2.75, 3.05) is 25.5 Å². The van der Waals surface area contributed by atoms with Gasteiger partial charge in [-0.1, -0.05) is 11.3 Å². The number of rotatable bonds is 4. The van der Waals surface area contributed by atoms with Crippen LogP contribution in [0.15, 0.2) is 18.2 Å². The zero-order chi connectivity index (χ0) is 13.1. The van der Waals surface area contributed by atoms with E-state index in [1.54, 1.807) is 18.0 Å². The molecular formula is C12H14FN3OS. The van der Waals surface area contributed by atoms with Crippen molar-refractivity contribution in [2.24, 2.45) is 0 Å². The largest absolute Gasteiger partial charge is 0.352 e. The molecule has 0 aliphatic carbocycles. The Kier molecular flexibility index (Phi) is 3.76. The quantitative estimate of drug-likeness (QED) is 0.924. The molecule has 96 valence electrons. The first-order valence-corrected chi connectivity index (χ1v) is 6.45. The molecule has 0 atom stereocenters. The van der Waals surface area contributed by atoms with Gasteiger partial charge < -0.3 is 10.2 Å². The first kappa shape index (κ1) is 12.8. The molecular weight excluding hydrogens is 253 g/mol. The van der Waals surface area contributed by atoms with Crippen molar-refractivity contribution in [3.63, 3.8) is 0 Å². The van der Waals surface area contributed by atoms with E-state index in [0.717, 1.165) is 10.2 Å². The van der Waals surface area contributed by atoms with Crippen molar-refractivity contribution in [1.82, 2.24) is 9.88 Å². The molecule has 0 saturated carbocycles. The van der Waals surface area contributed by atoms with Crippen molar-refractivity contribution in [3.8, 4) is 0 Å². The van der Waals surface area contributed by atoms with Gasteiger partial charge in [0.25, 0.3) is 0 Å². The van der Waals surface area contributed by atoms with Crippen molar-refractivity contribution in [2.45, 2.75) is 6.92 Å². The molecule has 2 aromatic rings. The summed E-state index contributed by atoms with van der Waals surface area (Å²) in [5, 5.41) is 3.60. The Morgan fingerprint density at radius 2 is 2.33 bits per heavy atom. The Morgan fingerprint density at radius 3 is 3.06 bits per heavy atom. The molecule has 0 unspecified atom stereocenters. The lowest BCUT2D eigenvalue weighted by Crippen LogP contribution is -2.31. The number of thiazole rings is 1. The summed E-state index contributed by atoms with van der Waals surface area (Å²) in [7, 11) is 1.75. The fourth-order valence-corrected chi connectivity index (χ4v) is 2.32. The van der Waals surface area contributed by atoms with E-state index in [2.05, 4.69) is 10.3 Å². The maximum atomic E-state index is 13.0. The predicted octanol–water partition coefficient (Wildman–Crippen LogP) is 2.33. The van der Waals surface area contributed by atoms with Gasteiger partial charge in [0, 0.05) is 13.6 Å². The van der Waals surface area contributed by atoms with E-state index in [4.69, 9.17) is 0 Å². The Bertz CT molecular complexity index is 569. The minimum absolute atomic E-state index is 0.00272. The van der Waals surface area contributed by atoms with Gasteiger partial charge in [0.2, 0.25) is 5.91 Å². The number of halogens is 1. The highest BCUT2D eigenvalue weighted by molar-refractivity contribution is 7.22. The molecule has 1 aromatic carbocycles. The second-order valence-corrected chi connectivity index (χ2v) is 4.92. The summed E-state index contributed by atoms with van der Waals surface area (Å²) in [5.74, 6) is -0.276. The number of likely N-dealkylation sites (N-methyl/N-ethyl adjacent to an activating group) is 1. The molecule has 2 rings (SSSR count). The van der Waals surface area contributed by atoms with Gasteiger partial charge in [-0.2, -0.15) is 0 Å². The lowest BCUT2D eigenvalue weighted by atomic mass is 10.3. The molecule has 6 heteroatoms. The average molecular weight is 267 g/mol. The molecule has 0 fully saturated rings. The number of anilines is 1. The van der Waals surface area contributed by atoms with Gasteiger partial charge in [0.05, 0.1) is 16.8 Å². The van der Waals surface area contributed by atoms with Crippen LogP contribution in [0.5, 0.6) is 0 Å². The van der Waals surface area contributed by atoms with Crippen LogP contribution < -0.4 is 5.32 Å². The van der Waals surface area contributed by atoms with Crippen molar-refractivity contribution in [1.29, 1.82) is 0 Å². The predicted molar refractivity (Wildman–Crippen MR) is 71.4 cm³/mol. The molecule has 0 bridgehead atoms. The maximum absolute atomic E-state index is 13.0. The Labute approximate surface area is 108 Å². The minimum Gasteiger partial charge on any atom is -0.352 e. The van der Waals surface area contributed by atoms with Crippen LogP contribution in [0.3, 0.4) is 0 Å². The molecule has 4 nitrogen and oxygen atoms in total. The topological polar surface area (TPSA) is 45.2 Å². The van der Waals surface area contributed by atoms with E-state index in [0.29, 0.717) is 11.7 Å². The molecule has 1 amide bonds. The van der Waals surface area contributed by atoms with E-state index in [1.807, 2.05) is 6.92 Å². The summed E-state index contributed by atoms with van der Waals surface area (Å²) in [6.07, 6.45) is 0. The van der Waals surface area contributed by atoms with Gasteiger partial charge in [-0.15, -0.1) is 0 Å². The van der Waals surface area contributed by atoms with Crippen LogP contribution in [0.2, 0.25) is 0 Å². The number of aromatic nitrogens is 1. The number of amides is 1. The molecule has 0 aliphatic rings. The van der Waals surface area contributed by atoms with Crippen LogP contribution in [0.1, 0.15) is 6.92 Å². The number of fused-ring (bicyclic) bond motifs is 1. The number of nitrogens with one attached hydrogen (secondary N) is 1. The third-order valence-electron chi connectivity index (χ3n) is 2.64. The Morgan fingerprint density at radius 1 is 1.56 bits per heavy atom. The SMILES string of the molecule is CCN(C)C(=O)CNc1nc2ccc(F)cc2s1. The van der Waals surface area contributed by atoms with E-state index < -0.39 is 0 Å². The summed E-state index contributed by atoms with van der Waals surface area (Å²) in [6.45, 7) is 2.79. The number of hydrogen-bond donors (Lipinski definition) is 1. The summed E-state index contributed by atoms with van der Waals surface area (Å²) >= 11 is 1.34. The van der Waals surface area contributed by atoms with Crippen LogP contribution in [-0.2, 0) is 4.79 Å². The standard InChI is InChI=1S/C12H14FN3OS/c1-3-16(2)11(17)7-14-12-15-9-5-4-8(13)6-10(9)18-12/h4-6H,3,7H2,1-2H3,(H,14,15). The number of hydrogen-bond acceptors (Lipinski definition) is 4. The maximum Gasteiger partial charge on any atom is 0.241 e. The highest BCUT2D eigenvalue weighted by Gasteiger charge is 2.08. The number of nitrogens with zero attached hydrogens (tertiary/aromatic N) is 2. The molecule has 1 N–H and O–H groups in total. The van der Waals surface area contributed by atoms with Crippen LogP contribution >= 0.6 is 11.3 Å². The van der Waals surface area contributed by atoms with E-state index in [9.17, 15) is 9.18 Å². The van der Waals surface area contributed by atoms with Crippen LogP contribution in [0, 0.1) is 5.82 Å². The monoisotopic (exact) mass is 267 g/mol. The van der Waals surface area contributed by atoms with Gasteiger partial charge in [-0.05, 0) is 25.1 Å². The molecule has 0 radical (unpaired) electrons. The molecule has 1 heterocycles. The first-order valence-electron chi connectivity index (χ1n) is 5.64. The van der Waals surface area contributed by atoms with Gasteiger partial charge in [0.15, 0.2) is 5.13 Å². The third-order valence-corrected chi connectivity index (χ3v) is 3.62. The number of benzene rings is 1. The first-order chi connectivity index (χ1) is 8.60. The fourth-order valence-electron chi connectivity index (χ4n) is 1.44. The Hall–Kier alpha value is -1.69. The smallest absolute Gasteiger partial charge is 0.241 e. The van der Waals surface area contributed by atoms with Crippen LogP contribution in [0.4, 0.5) is 9.52 Å². The molecule has 0 saturated heterocycles. The van der Waals surface area contributed by atoms with Crippen LogP contribution in [0.25, 0.3) is 10.2 Å². The number of carbonyl (C=O) groups is 1. The molecule has 18 heavy (non-hydrogen) atoms. The summed E-state index contributed by atoms with van der Waals surface area (Å²) < 4.78 is 13.8. The second-order valence-electron chi connectivity index (χ2n) is 3.89. The van der Waals surface area contributed by atoms with Gasteiger partial charge >= 0.3 is 0 Å². The fraction of sp³-hybridized carbons (Fsp3) is 0.333. The van der Waals surface area contributed by atoms with E-state index >= 15 is 0 Å². The van der Waals surface area contributed by atoms with Crippen molar-refractivity contribution in [3.05, 3.63) is 24.0 Å². The van der Waals surface area contributed by atoms with Gasteiger partial charge in [0.1, 0.15) is 5.82 Å². The molecule has 0 aliphatic heterocycles. The second kappa shape index (κ2) is 5.30. The summed E-state index contributed by atoms with van der Waals surface area (Å²) in [5.41, 5.74) is 0.736. The minimum atomic E-state index is -0.278. The highest BCUT2D eigenvalue weighted by atomic mass is 32.1. The van der Waals surface area contributed by atoms with Gasteiger partial charge in [-0.25, -0.2) is 9.37 Å². The zero-order valence-electron chi connectivity index (χ0n) is 10.2. The zero-order valence-corrected chi connectivity index (χ0v) is 11.1. The van der Waals surface area contributed by atoms with E-state index in [1.165, 1.54) is 23.5 Å². The lowest BCUT2D eigenvalue weighted by Gasteiger charge is -2.14. The average Bonchev–Trinajstić information content (AvgIpc) is 2.76. The van der Waals surface area contributed by atoms with Crippen molar-refractivity contribution < 1.29 is 9.18 Å².